The number of halogens is 1. The number of rotatable bonds is 6. The van der Waals surface area contributed by atoms with Crippen LogP contribution in [0.2, 0.25) is 0 Å². The van der Waals surface area contributed by atoms with Crippen molar-refractivity contribution in [3.63, 3.8) is 0 Å². The molecule has 0 bridgehead atoms. The van der Waals surface area contributed by atoms with Crippen molar-refractivity contribution in [2.24, 2.45) is 0 Å². The summed E-state index contributed by atoms with van der Waals surface area (Å²) in [5.41, 5.74) is 2.21. The molecular weight excluding hydrogens is 425 g/mol. The lowest BCUT2D eigenvalue weighted by Gasteiger charge is -2.29. The lowest BCUT2D eigenvalue weighted by molar-refractivity contribution is -0.119. The van der Waals surface area contributed by atoms with Crippen molar-refractivity contribution in [2.75, 3.05) is 56.1 Å². The van der Waals surface area contributed by atoms with Crippen molar-refractivity contribution >= 4 is 23.4 Å². The van der Waals surface area contributed by atoms with Crippen LogP contribution >= 0.6 is 0 Å². The minimum atomic E-state index is -0.537. The Morgan fingerprint density at radius 3 is 2.61 bits per heavy atom. The molecule has 9 heteroatoms. The highest BCUT2D eigenvalue weighted by molar-refractivity contribution is 5.90. The summed E-state index contributed by atoms with van der Waals surface area (Å²) in [4.78, 5) is 26.8. The quantitative estimate of drug-likeness (QED) is 0.722. The number of hydrogen-bond donors (Lipinski definition) is 1. The van der Waals surface area contributed by atoms with Crippen LogP contribution in [0, 0.1) is 5.82 Å². The van der Waals surface area contributed by atoms with Gasteiger partial charge in [-0.1, -0.05) is 30.3 Å². The number of likely N-dealkylation sites (N-methyl/N-ethyl adjacent to an activating group) is 1. The molecule has 2 aliphatic heterocycles. The maximum Gasteiger partial charge on any atom is 0.414 e. The number of hydrogen-bond acceptors (Lipinski definition) is 6. The highest BCUT2D eigenvalue weighted by atomic mass is 19.1. The van der Waals surface area contributed by atoms with Crippen molar-refractivity contribution in [1.82, 2.24) is 15.3 Å². The van der Waals surface area contributed by atoms with E-state index in [1.165, 1.54) is 23.5 Å². The van der Waals surface area contributed by atoms with E-state index in [4.69, 9.17) is 4.74 Å². The molecule has 1 N–H and O–H groups in total. The van der Waals surface area contributed by atoms with Crippen LogP contribution in [-0.4, -0.2) is 74.4 Å². The molecule has 2 fully saturated rings. The summed E-state index contributed by atoms with van der Waals surface area (Å²) in [5.74, 6) is -0.560. The van der Waals surface area contributed by atoms with Crippen molar-refractivity contribution in [3.05, 3.63) is 59.9 Å². The summed E-state index contributed by atoms with van der Waals surface area (Å²) in [5, 5.41) is 7.10. The standard InChI is InChI=1S/C24H30FN5O3/c1-18(31)26-15-21-17-30(24(32)33-21)20-8-9-23(22(25)14-20)28-11-10-27(2)29(13-12-28)16-19-6-4-3-5-7-19/h3-9,14,21H,10-13,15-17H2,1-2H3,(H,26,31)/t21-/m0/s1. The third-order valence-corrected chi connectivity index (χ3v) is 6.05. The fourth-order valence-electron chi connectivity index (χ4n) is 4.18. The molecule has 2 aromatic rings. The zero-order valence-electron chi connectivity index (χ0n) is 19.0. The smallest absolute Gasteiger partial charge is 0.414 e. The van der Waals surface area contributed by atoms with Crippen LogP contribution < -0.4 is 15.1 Å². The van der Waals surface area contributed by atoms with E-state index >= 15 is 4.39 Å². The number of carbonyl (C=O) groups excluding carboxylic acids is 2. The number of amides is 2. The fourth-order valence-corrected chi connectivity index (χ4v) is 4.18. The molecule has 1 atom stereocenters. The second-order valence-electron chi connectivity index (χ2n) is 8.43. The van der Waals surface area contributed by atoms with Gasteiger partial charge in [-0.05, 0) is 23.8 Å². The third kappa shape index (κ3) is 5.61. The van der Waals surface area contributed by atoms with E-state index in [1.54, 1.807) is 12.1 Å². The molecule has 8 nitrogen and oxygen atoms in total. The summed E-state index contributed by atoms with van der Waals surface area (Å²) >= 11 is 0. The van der Waals surface area contributed by atoms with Crippen LogP contribution in [-0.2, 0) is 16.1 Å². The molecule has 0 aromatic heterocycles. The number of nitrogens with zero attached hydrogens (tertiary/aromatic N) is 4. The Bertz CT molecular complexity index is 989. The number of nitrogens with one attached hydrogen (secondary N) is 1. The first-order chi connectivity index (χ1) is 15.9. The zero-order chi connectivity index (χ0) is 23.4. The van der Waals surface area contributed by atoms with E-state index in [0.717, 1.165) is 19.6 Å². The molecule has 2 amide bonds. The van der Waals surface area contributed by atoms with Crippen LogP contribution in [0.25, 0.3) is 0 Å². The molecule has 33 heavy (non-hydrogen) atoms. The molecule has 2 heterocycles. The number of cyclic esters (lactones) is 1. The van der Waals surface area contributed by atoms with Gasteiger partial charge >= 0.3 is 6.09 Å². The largest absolute Gasteiger partial charge is 0.442 e. The van der Waals surface area contributed by atoms with Gasteiger partial charge in [0.2, 0.25) is 5.91 Å². The average molecular weight is 456 g/mol. The molecule has 0 saturated carbocycles. The molecule has 4 rings (SSSR count). The maximum absolute atomic E-state index is 15.1. The van der Waals surface area contributed by atoms with Crippen molar-refractivity contribution < 1.29 is 18.7 Å². The first-order valence-electron chi connectivity index (χ1n) is 11.2. The minimum absolute atomic E-state index is 0.190. The van der Waals surface area contributed by atoms with Gasteiger partial charge < -0.3 is 15.0 Å². The summed E-state index contributed by atoms with van der Waals surface area (Å²) in [6.07, 6.45) is -0.994. The van der Waals surface area contributed by atoms with Crippen molar-refractivity contribution in [1.29, 1.82) is 0 Å². The van der Waals surface area contributed by atoms with Gasteiger partial charge in [0, 0.05) is 46.7 Å². The Morgan fingerprint density at radius 2 is 1.88 bits per heavy atom. The molecular formula is C24H30FN5O3. The molecule has 2 aromatic carbocycles. The van der Waals surface area contributed by atoms with Gasteiger partial charge in [-0.3, -0.25) is 9.69 Å². The topological polar surface area (TPSA) is 68.4 Å². The van der Waals surface area contributed by atoms with Crippen LogP contribution in [0.5, 0.6) is 0 Å². The van der Waals surface area contributed by atoms with Gasteiger partial charge in [0.1, 0.15) is 11.9 Å². The van der Waals surface area contributed by atoms with Crippen LogP contribution in [0.15, 0.2) is 48.5 Å². The summed E-state index contributed by atoms with van der Waals surface area (Å²) < 4.78 is 20.4. The number of hydrazine groups is 1. The van der Waals surface area contributed by atoms with E-state index in [-0.39, 0.29) is 24.8 Å². The maximum atomic E-state index is 15.1. The second kappa shape index (κ2) is 10.2. The van der Waals surface area contributed by atoms with Crippen molar-refractivity contribution in [3.8, 4) is 0 Å². The normalized spacial score (nSPS) is 20.0. The summed E-state index contributed by atoms with van der Waals surface area (Å²) in [7, 11) is 2.06. The van der Waals surface area contributed by atoms with Crippen LogP contribution in [0.4, 0.5) is 20.6 Å². The van der Waals surface area contributed by atoms with E-state index in [1.807, 2.05) is 23.1 Å². The molecule has 0 unspecified atom stereocenters. The number of ether oxygens (including phenoxy) is 1. The predicted octanol–water partition coefficient (Wildman–Crippen LogP) is 2.46. The first-order valence-corrected chi connectivity index (χ1v) is 11.2. The lowest BCUT2D eigenvalue weighted by atomic mass is 10.2. The fraction of sp³-hybridized carbons (Fsp3) is 0.417. The Labute approximate surface area is 193 Å². The van der Waals surface area contributed by atoms with E-state index < -0.39 is 12.2 Å². The number of anilines is 2. The summed E-state index contributed by atoms with van der Waals surface area (Å²) in [6.45, 7) is 5.65. The Morgan fingerprint density at radius 1 is 1.12 bits per heavy atom. The van der Waals surface area contributed by atoms with Gasteiger partial charge in [-0.25, -0.2) is 19.2 Å². The number of carbonyl (C=O) groups is 2. The van der Waals surface area contributed by atoms with Gasteiger partial charge in [-0.15, -0.1) is 0 Å². The van der Waals surface area contributed by atoms with E-state index in [2.05, 4.69) is 34.5 Å². The van der Waals surface area contributed by atoms with E-state index in [0.29, 0.717) is 24.5 Å². The van der Waals surface area contributed by atoms with Gasteiger partial charge in [0.05, 0.1) is 24.5 Å². The lowest BCUT2D eigenvalue weighted by Crippen LogP contribution is -2.40. The molecule has 0 spiro atoms. The first kappa shape index (κ1) is 23.0. The Hall–Kier alpha value is -3.17. The highest BCUT2D eigenvalue weighted by Crippen LogP contribution is 2.28. The molecule has 176 valence electrons. The average Bonchev–Trinajstić information content (AvgIpc) is 3.08. The van der Waals surface area contributed by atoms with Gasteiger partial charge in [0.15, 0.2) is 0 Å². The van der Waals surface area contributed by atoms with Gasteiger partial charge in [0.25, 0.3) is 0 Å². The number of benzene rings is 2. The van der Waals surface area contributed by atoms with Gasteiger partial charge in [-0.2, -0.15) is 0 Å². The highest BCUT2D eigenvalue weighted by Gasteiger charge is 2.33. The van der Waals surface area contributed by atoms with E-state index in [9.17, 15) is 9.59 Å². The zero-order valence-corrected chi connectivity index (χ0v) is 19.0. The van der Waals surface area contributed by atoms with Crippen LogP contribution in [0.1, 0.15) is 12.5 Å². The Kier molecular flexibility index (Phi) is 7.10. The molecule has 0 radical (unpaired) electrons. The molecule has 2 saturated heterocycles. The molecule has 0 aliphatic carbocycles. The SMILES string of the molecule is CC(=O)NC[C@H]1CN(c2ccc(N3CCN(C)N(Cc4ccccc4)CC3)c(F)c2)C(=O)O1. The van der Waals surface area contributed by atoms with Crippen LogP contribution in [0.3, 0.4) is 0 Å². The minimum Gasteiger partial charge on any atom is -0.442 e. The van der Waals surface area contributed by atoms with Crippen molar-refractivity contribution in [2.45, 2.75) is 19.6 Å². The predicted molar refractivity (Wildman–Crippen MR) is 124 cm³/mol. The Balaban J connectivity index is 1.41. The monoisotopic (exact) mass is 455 g/mol. The second-order valence-corrected chi connectivity index (χ2v) is 8.43. The third-order valence-electron chi connectivity index (χ3n) is 6.05. The molecule has 2 aliphatic rings. The summed E-state index contributed by atoms with van der Waals surface area (Å²) in [6, 6.07) is 15.2.